The molecule has 0 aromatic carbocycles. The molecule has 0 radical (unpaired) electrons. The Hall–Kier alpha value is -2.22. The molecule has 2 aliphatic heterocycles. The molecular formula is C17H19N3O4S. The first-order chi connectivity index (χ1) is 12.1. The molecule has 1 amide bonds. The number of methoxy groups -OCH3 is 1. The number of nitrogens with zero attached hydrogens (tertiary/aromatic N) is 3. The van der Waals surface area contributed by atoms with Crippen molar-refractivity contribution in [3.05, 3.63) is 34.4 Å². The van der Waals surface area contributed by atoms with Crippen molar-refractivity contribution in [2.24, 2.45) is 5.41 Å². The minimum absolute atomic E-state index is 0.0198. The highest BCUT2D eigenvalue weighted by molar-refractivity contribution is 7.07. The Bertz CT molecular complexity index is 803. The number of rotatable bonds is 4. The Morgan fingerprint density at radius 3 is 2.92 bits per heavy atom. The van der Waals surface area contributed by atoms with Crippen molar-refractivity contribution in [1.29, 1.82) is 0 Å². The van der Waals surface area contributed by atoms with Crippen LogP contribution in [0.4, 0.5) is 0 Å². The summed E-state index contributed by atoms with van der Waals surface area (Å²) in [5.41, 5.74) is 2.22. The fourth-order valence-corrected chi connectivity index (χ4v) is 5.01. The van der Waals surface area contributed by atoms with E-state index < -0.39 is 5.41 Å². The molecule has 2 fully saturated rings. The van der Waals surface area contributed by atoms with Crippen LogP contribution in [0.3, 0.4) is 0 Å². The summed E-state index contributed by atoms with van der Waals surface area (Å²) < 4.78 is 10.3. The highest BCUT2D eigenvalue weighted by Crippen LogP contribution is 2.52. The summed E-state index contributed by atoms with van der Waals surface area (Å²) in [6.07, 6.45) is 4.05. The van der Waals surface area contributed by atoms with Gasteiger partial charge in [-0.25, -0.2) is 9.97 Å². The predicted molar refractivity (Wildman–Crippen MR) is 89.1 cm³/mol. The van der Waals surface area contributed by atoms with Crippen molar-refractivity contribution in [3.8, 4) is 0 Å². The molecule has 4 rings (SSSR count). The summed E-state index contributed by atoms with van der Waals surface area (Å²) in [5.74, 6) is 0.0737. The van der Waals surface area contributed by atoms with E-state index in [1.165, 1.54) is 24.8 Å². The molecule has 2 aliphatic rings. The van der Waals surface area contributed by atoms with Crippen LogP contribution < -0.4 is 0 Å². The van der Waals surface area contributed by atoms with E-state index in [0.717, 1.165) is 18.5 Å². The summed E-state index contributed by atoms with van der Waals surface area (Å²) >= 11 is 1.50. The van der Waals surface area contributed by atoms with Gasteiger partial charge in [0.05, 0.1) is 23.7 Å². The maximum Gasteiger partial charge on any atom is 0.314 e. The second-order valence-corrected chi connectivity index (χ2v) is 7.44. The zero-order valence-corrected chi connectivity index (χ0v) is 14.9. The summed E-state index contributed by atoms with van der Waals surface area (Å²) in [4.78, 5) is 36.0. The van der Waals surface area contributed by atoms with Crippen LogP contribution in [0.25, 0.3) is 0 Å². The average molecular weight is 361 g/mol. The maximum absolute atomic E-state index is 13.0. The predicted octanol–water partition coefficient (Wildman–Crippen LogP) is 2.22. The summed E-state index contributed by atoms with van der Waals surface area (Å²) in [6.45, 7) is 1.72. The Balaban J connectivity index is 1.70. The highest BCUT2D eigenvalue weighted by Gasteiger charge is 2.62. The number of hydrogen-bond donors (Lipinski definition) is 0. The normalized spacial score (nSPS) is 27.7. The number of carbonyl (C=O) groups is 2. The second-order valence-electron chi connectivity index (χ2n) is 6.72. The van der Waals surface area contributed by atoms with E-state index in [2.05, 4.69) is 9.97 Å². The highest BCUT2D eigenvalue weighted by atomic mass is 32.1. The van der Waals surface area contributed by atoms with Crippen LogP contribution in [0.2, 0.25) is 0 Å². The smallest absolute Gasteiger partial charge is 0.314 e. The minimum Gasteiger partial charge on any atom is -0.469 e. The van der Waals surface area contributed by atoms with Gasteiger partial charge in [-0.3, -0.25) is 9.59 Å². The molecule has 0 saturated carbocycles. The van der Waals surface area contributed by atoms with Crippen molar-refractivity contribution >= 4 is 23.2 Å². The Kier molecular flexibility index (Phi) is 3.87. The molecule has 2 aromatic heterocycles. The summed E-state index contributed by atoms with van der Waals surface area (Å²) in [6, 6.07) is -0.179. The van der Waals surface area contributed by atoms with Gasteiger partial charge in [-0.2, -0.15) is 0 Å². The molecule has 8 heteroatoms. The second kappa shape index (κ2) is 5.94. The van der Waals surface area contributed by atoms with Gasteiger partial charge in [0.2, 0.25) is 0 Å². The van der Waals surface area contributed by atoms with Gasteiger partial charge in [-0.1, -0.05) is 0 Å². The molecule has 132 valence electrons. The fourth-order valence-electron chi connectivity index (χ4n) is 4.46. The van der Waals surface area contributed by atoms with Crippen molar-refractivity contribution in [3.63, 3.8) is 0 Å². The van der Waals surface area contributed by atoms with Gasteiger partial charge in [-0.05, 0) is 26.2 Å². The molecule has 0 aliphatic carbocycles. The number of esters is 1. The molecule has 0 spiro atoms. The first kappa shape index (κ1) is 16.3. The number of oxazole rings is 1. The van der Waals surface area contributed by atoms with E-state index in [9.17, 15) is 9.59 Å². The van der Waals surface area contributed by atoms with Gasteiger partial charge in [0.1, 0.15) is 5.76 Å². The Morgan fingerprint density at radius 1 is 1.44 bits per heavy atom. The van der Waals surface area contributed by atoms with E-state index in [4.69, 9.17) is 9.15 Å². The van der Waals surface area contributed by atoms with Crippen LogP contribution in [0, 0.1) is 12.3 Å². The van der Waals surface area contributed by atoms with Crippen LogP contribution in [-0.2, 0) is 16.0 Å². The number of ether oxygens (including phenoxy) is 1. The first-order valence-electron chi connectivity index (χ1n) is 8.25. The maximum atomic E-state index is 13.0. The lowest BCUT2D eigenvalue weighted by Gasteiger charge is -2.34. The lowest BCUT2D eigenvalue weighted by molar-refractivity contribution is -0.154. The lowest BCUT2D eigenvalue weighted by Crippen LogP contribution is -2.47. The van der Waals surface area contributed by atoms with Crippen molar-refractivity contribution < 1.29 is 18.7 Å². The minimum atomic E-state index is -0.737. The fraction of sp³-hybridized carbons (Fsp3) is 0.529. The third-order valence-electron chi connectivity index (χ3n) is 5.49. The average Bonchev–Trinajstić information content (AvgIpc) is 3.37. The SMILES string of the molecule is COC(=O)[C@@]1(Cc2cscn2)C[C@H]2CC[C@@H]1N2C(=O)c1ncoc1C. The van der Waals surface area contributed by atoms with Crippen molar-refractivity contribution in [1.82, 2.24) is 14.9 Å². The number of fused-ring (bicyclic) bond motifs is 2. The number of thiazole rings is 1. The Morgan fingerprint density at radius 2 is 2.28 bits per heavy atom. The quantitative estimate of drug-likeness (QED) is 0.776. The van der Waals surface area contributed by atoms with Gasteiger partial charge in [0.15, 0.2) is 12.1 Å². The monoisotopic (exact) mass is 361 g/mol. The van der Waals surface area contributed by atoms with Gasteiger partial charge in [0, 0.05) is 23.9 Å². The van der Waals surface area contributed by atoms with Gasteiger partial charge >= 0.3 is 5.97 Å². The molecule has 3 atom stereocenters. The summed E-state index contributed by atoms with van der Waals surface area (Å²) in [5, 5.41) is 1.95. The third kappa shape index (κ3) is 2.38. The van der Waals surface area contributed by atoms with Crippen LogP contribution >= 0.6 is 11.3 Å². The van der Waals surface area contributed by atoms with Crippen molar-refractivity contribution in [2.75, 3.05) is 7.11 Å². The van der Waals surface area contributed by atoms with E-state index in [1.54, 1.807) is 12.4 Å². The molecule has 2 aromatic rings. The number of amides is 1. The number of aryl methyl sites for hydroxylation is 1. The number of carbonyl (C=O) groups excluding carboxylic acids is 2. The van der Waals surface area contributed by atoms with Crippen LogP contribution in [-0.4, -0.2) is 45.9 Å². The molecule has 25 heavy (non-hydrogen) atoms. The number of aromatic nitrogens is 2. The van der Waals surface area contributed by atoms with Crippen LogP contribution in [0.1, 0.15) is 41.2 Å². The van der Waals surface area contributed by atoms with Crippen molar-refractivity contribution in [2.45, 2.75) is 44.7 Å². The largest absolute Gasteiger partial charge is 0.469 e. The van der Waals surface area contributed by atoms with E-state index in [-0.39, 0.29) is 24.0 Å². The standard InChI is InChI=1S/C17H19N3O4S/c1-10-14(18-8-24-10)15(21)20-12-3-4-13(20)17(6-12,16(22)23-2)5-11-7-25-9-19-11/h7-9,12-13H,3-6H2,1-2H3/t12-,13+,17+/m1/s1. The van der Waals surface area contributed by atoms with Gasteiger partial charge in [0.25, 0.3) is 5.91 Å². The summed E-state index contributed by atoms with van der Waals surface area (Å²) in [7, 11) is 1.41. The van der Waals surface area contributed by atoms with Crippen LogP contribution in [0.15, 0.2) is 21.7 Å². The topological polar surface area (TPSA) is 85.5 Å². The Labute approximate surface area is 149 Å². The van der Waals surface area contributed by atoms with E-state index in [0.29, 0.717) is 24.3 Å². The number of hydrogen-bond acceptors (Lipinski definition) is 7. The third-order valence-corrected chi connectivity index (χ3v) is 6.13. The van der Waals surface area contributed by atoms with Gasteiger partial charge < -0.3 is 14.1 Å². The first-order valence-corrected chi connectivity index (χ1v) is 9.19. The van der Waals surface area contributed by atoms with E-state index >= 15 is 0 Å². The molecule has 4 heterocycles. The molecule has 2 saturated heterocycles. The zero-order valence-electron chi connectivity index (χ0n) is 14.1. The zero-order chi connectivity index (χ0) is 17.6. The molecule has 0 unspecified atom stereocenters. The van der Waals surface area contributed by atoms with Crippen LogP contribution in [0.5, 0.6) is 0 Å². The molecule has 2 bridgehead atoms. The van der Waals surface area contributed by atoms with E-state index in [1.807, 2.05) is 10.3 Å². The lowest BCUT2D eigenvalue weighted by atomic mass is 9.71. The molecular weight excluding hydrogens is 342 g/mol. The van der Waals surface area contributed by atoms with Gasteiger partial charge in [-0.15, -0.1) is 11.3 Å². The molecule has 0 N–H and O–H groups in total. The molecule has 7 nitrogen and oxygen atoms in total.